The van der Waals surface area contributed by atoms with Gasteiger partial charge in [-0.15, -0.1) is 0 Å². The van der Waals surface area contributed by atoms with E-state index < -0.39 is 0 Å². The lowest BCUT2D eigenvalue weighted by Gasteiger charge is -2.55. The summed E-state index contributed by atoms with van der Waals surface area (Å²) in [6.45, 7) is 1.71. The van der Waals surface area contributed by atoms with Gasteiger partial charge in [-0.1, -0.05) is 36.4 Å². The number of nitrogens with zero attached hydrogens (tertiary/aromatic N) is 2. The van der Waals surface area contributed by atoms with Gasteiger partial charge in [0.05, 0.1) is 25.1 Å². The Morgan fingerprint density at radius 2 is 1.92 bits per heavy atom. The molecule has 1 fully saturated rings. The average molecular weight is 353 g/mol. The third kappa shape index (κ3) is 3.75. The molecule has 1 saturated heterocycles. The van der Waals surface area contributed by atoms with Crippen molar-refractivity contribution in [2.45, 2.75) is 31.3 Å². The molecule has 2 N–H and O–H groups in total. The van der Waals surface area contributed by atoms with Crippen LogP contribution < -0.4 is 5.32 Å². The fourth-order valence-electron chi connectivity index (χ4n) is 3.68. The Morgan fingerprint density at radius 3 is 2.54 bits per heavy atom. The minimum atomic E-state index is -0.291. The number of likely N-dealkylation sites (tertiary alicyclic amines) is 1. The second kappa shape index (κ2) is 8.10. The molecule has 136 valence electrons. The summed E-state index contributed by atoms with van der Waals surface area (Å²) in [6.07, 6.45) is 3.56. The summed E-state index contributed by atoms with van der Waals surface area (Å²) in [6, 6.07) is 13.0. The summed E-state index contributed by atoms with van der Waals surface area (Å²) in [5.41, 5.74) is 1.89. The fraction of sp³-hybridized carbons (Fsp3) is 0.350. The normalized spacial score (nSPS) is 21.8. The van der Waals surface area contributed by atoms with Crippen LogP contribution in [0.15, 0.2) is 54.9 Å². The first-order valence-corrected chi connectivity index (χ1v) is 8.72. The van der Waals surface area contributed by atoms with E-state index in [0.717, 1.165) is 11.1 Å². The highest BCUT2D eigenvalue weighted by atomic mass is 16.3. The highest BCUT2D eigenvalue weighted by Gasteiger charge is 2.50. The van der Waals surface area contributed by atoms with Crippen molar-refractivity contribution in [2.75, 3.05) is 13.2 Å². The number of carbonyl (C=O) groups is 2. The topological polar surface area (TPSA) is 82.5 Å². The molecular weight excluding hydrogens is 330 g/mol. The molecule has 0 aliphatic carbocycles. The van der Waals surface area contributed by atoms with E-state index in [-0.39, 0.29) is 42.8 Å². The average Bonchev–Trinajstić information content (AvgIpc) is 2.62. The predicted octanol–water partition coefficient (Wildman–Crippen LogP) is 1.12. The van der Waals surface area contributed by atoms with Crippen molar-refractivity contribution in [3.05, 3.63) is 66.0 Å². The fourth-order valence-corrected chi connectivity index (χ4v) is 3.68. The van der Waals surface area contributed by atoms with Gasteiger partial charge < -0.3 is 15.3 Å². The SMILES string of the molecule is CC(=O)NC[C@H]1[C@@H](c2ccccc2)[C@@H](CO)N1C(=O)Cc1cccnc1. The van der Waals surface area contributed by atoms with Gasteiger partial charge in [-0.25, -0.2) is 0 Å². The first kappa shape index (κ1) is 18.1. The molecule has 26 heavy (non-hydrogen) atoms. The van der Waals surface area contributed by atoms with E-state index in [9.17, 15) is 14.7 Å². The van der Waals surface area contributed by atoms with E-state index in [1.54, 1.807) is 23.4 Å². The van der Waals surface area contributed by atoms with Crippen LogP contribution in [0.1, 0.15) is 24.0 Å². The smallest absolute Gasteiger partial charge is 0.227 e. The summed E-state index contributed by atoms with van der Waals surface area (Å²) in [7, 11) is 0. The Kier molecular flexibility index (Phi) is 5.63. The highest BCUT2D eigenvalue weighted by molar-refractivity contribution is 5.81. The molecule has 1 aromatic heterocycles. The van der Waals surface area contributed by atoms with Crippen molar-refractivity contribution in [1.29, 1.82) is 0 Å². The molecule has 3 rings (SSSR count). The zero-order chi connectivity index (χ0) is 18.5. The van der Waals surface area contributed by atoms with Crippen LogP contribution in [0, 0.1) is 0 Å². The van der Waals surface area contributed by atoms with Crippen LogP contribution >= 0.6 is 0 Å². The number of rotatable bonds is 6. The van der Waals surface area contributed by atoms with Crippen LogP contribution in [0.2, 0.25) is 0 Å². The number of aliphatic hydroxyl groups is 1. The lowest BCUT2D eigenvalue weighted by Crippen LogP contribution is -2.68. The van der Waals surface area contributed by atoms with Crippen LogP contribution in [0.25, 0.3) is 0 Å². The quantitative estimate of drug-likeness (QED) is 0.815. The molecule has 0 radical (unpaired) electrons. The van der Waals surface area contributed by atoms with E-state index in [0.29, 0.717) is 6.54 Å². The maximum absolute atomic E-state index is 12.9. The summed E-state index contributed by atoms with van der Waals surface area (Å²) in [5.74, 6) is -0.214. The number of aliphatic hydroxyl groups excluding tert-OH is 1. The molecule has 6 nitrogen and oxygen atoms in total. The van der Waals surface area contributed by atoms with E-state index in [1.165, 1.54) is 6.92 Å². The highest BCUT2D eigenvalue weighted by Crippen LogP contribution is 2.40. The first-order valence-electron chi connectivity index (χ1n) is 8.72. The number of amides is 2. The Bertz CT molecular complexity index is 751. The number of aromatic nitrogens is 1. The van der Waals surface area contributed by atoms with Gasteiger partial charge in [-0.2, -0.15) is 0 Å². The Morgan fingerprint density at radius 1 is 1.15 bits per heavy atom. The van der Waals surface area contributed by atoms with E-state index in [2.05, 4.69) is 10.3 Å². The number of hydrogen-bond donors (Lipinski definition) is 2. The molecule has 0 spiro atoms. The van der Waals surface area contributed by atoms with Gasteiger partial charge in [0.1, 0.15) is 0 Å². The molecule has 2 heterocycles. The van der Waals surface area contributed by atoms with Gasteiger partial charge in [0.15, 0.2) is 0 Å². The van der Waals surface area contributed by atoms with E-state index >= 15 is 0 Å². The van der Waals surface area contributed by atoms with Gasteiger partial charge in [0, 0.05) is 31.8 Å². The van der Waals surface area contributed by atoms with Gasteiger partial charge >= 0.3 is 0 Å². The zero-order valence-electron chi connectivity index (χ0n) is 14.7. The largest absolute Gasteiger partial charge is 0.394 e. The Balaban J connectivity index is 1.81. The van der Waals surface area contributed by atoms with E-state index in [1.807, 2.05) is 36.4 Å². The second-order valence-corrected chi connectivity index (χ2v) is 6.53. The second-order valence-electron chi connectivity index (χ2n) is 6.53. The number of nitrogens with one attached hydrogen (secondary N) is 1. The Hall–Kier alpha value is -2.73. The summed E-state index contributed by atoms with van der Waals surface area (Å²) in [4.78, 5) is 30.0. The third-order valence-electron chi connectivity index (χ3n) is 4.84. The van der Waals surface area contributed by atoms with E-state index in [4.69, 9.17) is 0 Å². The molecule has 2 aromatic rings. The predicted molar refractivity (Wildman–Crippen MR) is 97.3 cm³/mol. The molecule has 1 aliphatic heterocycles. The lowest BCUT2D eigenvalue weighted by atomic mass is 9.74. The van der Waals surface area contributed by atoms with Crippen molar-refractivity contribution in [3.63, 3.8) is 0 Å². The number of hydrogen-bond acceptors (Lipinski definition) is 4. The van der Waals surface area contributed by atoms with Crippen molar-refractivity contribution in [2.24, 2.45) is 0 Å². The first-order chi connectivity index (χ1) is 12.6. The third-order valence-corrected chi connectivity index (χ3v) is 4.84. The Labute approximate surface area is 152 Å². The lowest BCUT2D eigenvalue weighted by molar-refractivity contribution is -0.150. The van der Waals surface area contributed by atoms with Crippen molar-refractivity contribution in [1.82, 2.24) is 15.2 Å². The molecule has 1 aromatic carbocycles. The van der Waals surface area contributed by atoms with Crippen LogP contribution in [-0.2, 0) is 16.0 Å². The molecule has 2 amide bonds. The van der Waals surface area contributed by atoms with Crippen LogP contribution in [0.5, 0.6) is 0 Å². The van der Waals surface area contributed by atoms with Crippen molar-refractivity contribution < 1.29 is 14.7 Å². The van der Waals surface area contributed by atoms with Gasteiger partial charge in [-0.3, -0.25) is 14.6 Å². The maximum Gasteiger partial charge on any atom is 0.227 e. The molecule has 3 atom stereocenters. The maximum atomic E-state index is 12.9. The monoisotopic (exact) mass is 353 g/mol. The van der Waals surface area contributed by atoms with Crippen molar-refractivity contribution in [3.8, 4) is 0 Å². The van der Waals surface area contributed by atoms with Crippen LogP contribution in [-0.4, -0.2) is 52.0 Å². The molecule has 0 bridgehead atoms. The number of pyridine rings is 1. The van der Waals surface area contributed by atoms with Crippen LogP contribution in [0.4, 0.5) is 0 Å². The number of carbonyl (C=O) groups excluding carboxylic acids is 2. The molecule has 1 aliphatic rings. The standard InChI is InChI=1S/C20H23N3O3/c1-14(25)22-12-17-20(16-7-3-2-4-8-16)18(13-24)23(17)19(26)10-15-6-5-9-21-11-15/h2-9,11,17-18,20,24H,10,12-13H2,1H3,(H,22,25)/t17-,18+,20+/m0/s1. The summed E-state index contributed by atoms with van der Waals surface area (Å²) < 4.78 is 0. The minimum absolute atomic E-state index is 0.00843. The zero-order valence-corrected chi connectivity index (χ0v) is 14.7. The molecule has 6 heteroatoms. The summed E-state index contributed by atoms with van der Waals surface area (Å²) in [5, 5.41) is 12.7. The van der Waals surface area contributed by atoms with Gasteiger partial charge in [0.2, 0.25) is 11.8 Å². The number of benzene rings is 1. The summed E-state index contributed by atoms with van der Waals surface area (Å²) >= 11 is 0. The van der Waals surface area contributed by atoms with Gasteiger partial charge in [-0.05, 0) is 17.2 Å². The molecular formula is C20H23N3O3. The van der Waals surface area contributed by atoms with Gasteiger partial charge in [0.25, 0.3) is 0 Å². The molecule has 0 unspecified atom stereocenters. The minimum Gasteiger partial charge on any atom is -0.394 e. The molecule has 0 saturated carbocycles. The van der Waals surface area contributed by atoms with Crippen LogP contribution in [0.3, 0.4) is 0 Å². The van der Waals surface area contributed by atoms with Crippen molar-refractivity contribution >= 4 is 11.8 Å².